The number of benzene rings is 2. The SMILES string of the molecule is COC(=O)c1cc(N(C)CC(=O)NCc2cnccn2)c2c(Cl)cc(Cl)cc2c1. The second-order valence-corrected chi connectivity index (χ2v) is 7.15. The Bertz CT molecular complexity index is 1060. The third kappa shape index (κ3) is 4.93. The van der Waals surface area contributed by atoms with E-state index >= 15 is 0 Å². The predicted molar refractivity (Wildman–Crippen MR) is 112 cm³/mol. The van der Waals surface area contributed by atoms with Gasteiger partial charge in [0.2, 0.25) is 5.91 Å². The molecule has 1 heterocycles. The fraction of sp³-hybridized carbons (Fsp3) is 0.200. The van der Waals surface area contributed by atoms with Crippen LogP contribution in [0.5, 0.6) is 0 Å². The minimum Gasteiger partial charge on any atom is -0.465 e. The number of likely N-dealkylation sites (N-methyl/N-ethyl adjacent to an activating group) is 1. The van der Waals surface area contributed by atoms with Gasteiger partial charge in [-0.2, -0.15) is 0 Å². The molecule has 7 nitrogen and oxygen atoms in total. The fourth-order valence-electron chi connectivity index (χ4n) is 2.91. The molecule has 150 valence electrons. The molecule has 9 heteroatoms. The van der Waals surface area contributed by atoms with Gasteiger partial charge in [-0.1, -0.05) is 23.2 Å². The highest BCUT2D eigenvalue weighted by Crippen LogP contribution is 2.36. The Hall–Kier alpha value is -2.90. The van der Waals surface area contributed by atoms with E-state index in [4.69, 9.17) is 27.9 Å². The Labute approximate surface area is 177 Å². The van der Waals surface area contributed by atoms with Crippen molar-refractivity contribution in [3.63, 3.8) is 0 Å². The lowest BCUT2D eigenvalue weighted by molar-refractivity contribution is -0.119. The minimum absolute atomic E-state index is 0.0406. The number of methoxy groups -OCH3 is 1. The molecule has 0 saturated carbocycles. The van der Waals surface area contributed by atoms with Gasteiger partial charge < -0.3 is 15.0 Å². The summed E-state index contributed by atoms with van der Waals surface area (Å²) in [7, 11) is 3.05. The van der Waals surface area contributed by atoms with Gasteiger partial charge in [-0.25, -0.2) is 4.79 Å². The molecular weight excluding hydrogens is 415 g/mol. The second kappa shape index (κ2) is 9.07. The maximum Gasteiger partial charge on any atom is 0.337 e. The van der Waals surface area contributed by atoms with Gasteiger partial charge in [-0.05, 0) is 29.7 Å². The number of anilines is 1. The number of amides is 1. The number of nitrogens with one attached hydrogen (secondary N) is 1. The molecule has 0 saturated heterocycles. The molecule has 0 spiro atoms. The average Bonchev–Trinajstić information content (AvgIpc) is 2.71. The number of hydrogen-bond donors (Lipinski definition) is 1. The van der Waals surface area contributed by atoms with Gasteiger partial charge in [-0.15, -0.1) is 0 Å². The van der Waals surface area contributed by atoms with E-state index in [9.17, 15) is 9.59 Å². The standard InChI is InChI=1S/C20H18Cl2N4O3/c1-26(11-18(27)25-10-15-9-23-3-4-24-15)17-7-13(20(28)29-2)5-12-6-14(21)8-16(22)19(12)17/h3-9H,10-11H2,1-2H3,(H,25,27). The summed E-state index contributed by atoms with van der Waals surface area (Å²) < 4.78 is 4.83. The number of fused-ring (bicyclic) bond motifs is 1. The third-order valence-corrected chi connectivity index (χ3v) is 4.76. The Morgan fingerprint density at radius 1 is 1.17 bits per heavy atom. The smallest absolute Gasteiger partial charge is 0.337 e. The Kier molecular flexibility index (Phi) is 6.51. The Morgan fingerprint density at radius 3 is 2.66 bits per heavy atom. The van der Waals surface area contributed by atoms with Crippen molar-refractivity contribution in [3.8, 4) is 0 Å². The highest BCUT2D eigenvalue weighted by atomic mass is 35.5. The minimum atomic E-state index is -0.496. The molecule has 1 N–H and O–H groups in total. The lowest BCUT2D eigenvalue weighted by Crippen LogP contribution is -2.35. The quantitative estimate of drug-likeness (QED) is 0.600. The van der Waals surface area contributed by atoms with Gasteiger partial charge in [0.25, 0.3) is 0 Å². The van der Waals surface area contributed by atoms with E-state index < -0.39 is 5.97 Å². The number of hydrogen-bond acceptors (Lipinski definition) is 6. The van der Waals surface area contributed by atoms with E-state index in [1.165, 1.54) is 7.11 Å². The summed E-state index contributed by atoms with van der Waals surface area (Å²) in [6.07, 6.45) is 4.71. The summed E-state index contributed by atoms with van der Waals surface area (Å²) in [5.74, 6) is -0.718. The first kappa shape index (κ1) is 20.8. The van der Waals surface area contributed by atoms with Gasteiger partial charge in [-0.3, -0.25) is 14.8 Å². The van der Waals surface area contributed by atoms with Crippen molar-refractivity contribution in [2.75, 3.05) is 25.6 Å². The van der Waals surface area contributed by atoms with Crippen LogP contribution in [0.4, 0.5) is 5.69 Å². The molecule has 3 rings (SSSR count). The van der Waals surface area contributed by atoms with Gasteiger partial charge >= 0.3 is 5.97 Å². The van der Waals surface area contributed by atoms with Crippen LogP contribution in [0.25, 0.3) is 10.8 Å². The zero-order chi connectivity index (χ0) is 21.0. The highest BCUT2D eigenvalue weighted by Gasteiger charge is 2.17. The van der Waals surface area contributed by atoms with Gasteiger partial charge in [0, 0.05) is 35.5 Å². The zero-order valence-corrected chi connectivity index (χ0v) is 17.3. The van der Waals surface area contributed by atoms with E-state index in [1.807, 2.05) is 0 Å². The molecule has 3 aromatic rings. The van der Waals surface area contributed by atoms with Crippen LogP contribution < -0.4 is 10.2 Å². The summed E-state index contributed by atoms with van der Waals surface area (Å²) in [5, 5.41) is 5.02. The fourth-order valence-corrected chi connectivity index (χ4v) is 3.52. The maximum absolute atomic E-state index is 12.4. The van der Waals surface area contributed by atoms with E-state index in [-0.39, 0.29) is 19.0 Å². The average molecular weight is 433 g/mol. The van der Waals surface area contributed by atoms with Crippen molar-refractivity contribution < 1.29 is 14.3 Å². The highest BCUT2D eigenvalue weighted by molar-refractivity contribution is 6.39. The van der Waals surface area contributed by atoms with Crippen molar-refractivity contribution in [2.24, 2.45) is 0 Å². The van der Waals surface area contributed by atoms with E-state index in [1.54, 1.807) is 54.8 Å². The number of esters is 1. The van der Waals surface area contributed by atoms with E-state index in [2.05, 4.69) is 15.3 Å². The number of rotatable bonds is 6. The summed E-state index contributed by atoms with van der Waals surface area (Å²) in [4.78, 5) is 34.3. The lowest BCUT2D eigenvalue weighted by Gasteiger charge is -2.22. The molecule has 0 aliphatic rings. The molecular formula is C20H18Cl2N4O3. The monoisotopic (exact) mass is 432 g/mol. The first-order valence-corrected chi connectivity index (χ1v) is 9.38. The largest absolute Gasteiger partial charge is 0.465 e. The van der Waals surface area contributed by atoms with E-state index in [0.717, 1.165) is 0 Å². The first-order chi connectivity index (χ1) is 13.9. The number of ether oxygens (including phenoxy) is 1. The summed E-state index contributed by atoms with van der Waals surface area (Å²) in [6, 6.07) is 6.63. The van der Waals surface area contributed by atoms with Gasteiger partial charge in [0.15, 0.2) is 0 Å². The molecule has 0 fully saturated rings. The summed E-state index contributed by atoms with van der Waals surface area (Å²) in [5.41, 5.74) is 1.60. The van der Waals surface area contributed by atoms with Crippen LogP contribution in [0.2, 0.25) is 10.0 Å². The molecule has 0 bridgehead atoms. The van der Waals surface area contributed by atoms with Gasteiger partial charge in [0.1, 0.15) is 0 Å². The van der Waals surface area contributed by atoms with Crippen LogP contribution in [-0.4, -0.2) is 42.5 Å². The molecule has 1 aromatic heterocycles. The van der Waals surface area contributed by atoms with Crippen molar-refractivity contribution in [2.45, 2.75) is 6.54 Å². The number of carbonyl (C=O) groups is 2. The predicted octanol–water partition coefficient (Wildman–Crippen LogP) is 3.48. The number of aromatic nitrogens is 2. The second-order valence-electron chi connectivity index (χ2n) is 6.30. The molecule has 0 aliphatic heterocycles. The van der Waals surface area contributed by atoms with Gasteiger partial charge in [0.05, 0.1) is 42.7 Å². The van der Waals surface area contributed by atoms with Crippen molar-refractivity contribution >= 4 is 51.5 Å². The normalized spacial score (nSPS) is 10.6. The Morgan fingerprint density at radius 2 is 1.97 bits per heavy atom. The zero-order valence-electron chi connectivity index (χ0n) is 15.8. The molecule has 0 aliphatic carbocycles. The van der Waals surface area contributed by atoms with Crippen LogP contribution >= 0.6 is 23.2 Å². The van der Waals surface area contributed by atoms with E-state index in [0.29, 0.717) is 37.8 Å². The lowest BCUT2D eigenvalue weighted by atomic mass is 10.0. The number of carbonyl (C=O) groups excluding carboxylic acids is 2. The topological polar surface area (TPSA) is 84.4 Å². The summed E-state index contributed by atoms with van der Waals surface area (Å²) in [6.45, 7) is 0.304. The first-order valence-electron chi connectivity index (χ1n) is 8.63. The van der Waals surface area contributed by atoms with Crippen molar-refractivity contribution in [1.29, 1.82) is 0 Å². The maximum atomic E-state index is 12.4. The number of halogens is 2. The molecule has 0 atom stereocenters. The molecule has 2 aromatic carbocycles. The van der Waals surface area contributed by atoms with Crippen LogP contribution in [-0.2, 0) is 16.1 Å². The van der Waals surface area contributed by atoms with Crippen LogP contribution in [0.1, 0.15) is 16.1 Å². The third-order valence-electron chi connectivity index (χ3n) is 4.24. The molecule has 0 radical (unpaired) electrons. The number of nitrogens with zero attached hydrogens (tertiary/aromatic N) is 3. The van der Waals surface area contributed by atoms with Crippen molar-refractivity contribution in [3.05, 3.63) is 64.2 Å². The molecule has 0 unspecified atom stereocenters. The molecule has 1 amide bonds. The van der Waals surface area contributed by atoms with Crippen molar-refractivity contribution in [1.82, 2.24) is 15.3 Å². The van der Waals surface area contributed by atoms with Crippen LogP contribution in [0.15, 0.2) is 42.9 Å². The van der Waals surface area contributed by atoms with Crippen LogP contribution in [0.3, 0.4) is 0 Å². The molecule has 29 heavy (non-hydrogen) atoms. The van der Waals surface area contributed by atoms with Crippen LogP contribution in [0, 0.1) is 0 Å². The Balaban J connectivity index is 1.88. The summed E-state index contributed by atoms with van der Waals surface area (Å²) >= 11 is 12.5.